The van der Waals surface area contributed by atoms with Crippen LogP contribution in [0.5, 0.6) is 5.75 Å². The predicted molar refractivity (Wildman–Crippen MR) is 101 cm³/mol. The molecule has 26 heavy (non-hydrogen) atoms. The maximum absolute atomic E-state index is 12.7. The molecule has 0 saturated heterocycles. The second kappa shape index (κ2) is 6.73. The van der Waals surface area contributed by atoms with E-state index in [4.69, 9.17) is 4.74 Å². The fourth-order valence-corrected chi connectivity index (χ4v) is 4.89. The van der Waals surface area contributed by atoms with E-state index in [9.17, 15) is 15.0 Å². The molecule has 0 aliphatic heterocycles. The smallest absolute Gasteiger partial charge is 0.338 e. The van der Waals surface area contributed by atoms with Gasteiger partial charge in [0.25, 0.3) is 0 Å². The third-order valence-electron chi connectivity index (χ3n) is 6.56. The number of aromatic hydroxyl groups is 1. The van der Waals surface area contributed by atoms with Gasteiger partial charge in [-0.15, -0.1) is 0 Å². The van der Waals surface area contributed by atoms with E-state index < -0.39 is 11.6 Å². The monoisotopic (exact) mass is 358 g/mol. The summed E-state index contributed by atoms with van der Waals surface area (Å²) in [6, 6.07) is 6.11. The number of fused-ring (bicyclic) bond motifs is 1. The van der Waals surface area contributed by atoms with Gasteiger partial charge in [0.05, 0.1) is 11.2 Å². The molecule has 4 atom stereocenters. The second-order valence-electron chi connectivity index (χ2n) is 8.73. The van der Waals surface area contributed by atoms with Gasteiger partial charge in [-0.3, -0.25) is 0 Å². The van der Waals surface area contributed by atoms with Crippen molar-refractivity contribution in [3.8, 4) is 5.75 Å². The summed E-state index contributed by atoms with van der Waals surface area (Å²) in [7, 11) is 0. The van der Waals surface area contributed by atoms with Crippen LogP contribution in [0.4, 0.5) is 0 Å². The first kappa shape index (κ1) is 19.0. The van der Waals surface area contributed by atoms with E-state index >= 15 is 0 Å². The van der Waals surface area contributed by atoms with Crippen molar-refractivity contribution in [3.05, 3.63) is 41.5 Å². The van der Waals surface area contributed by atoms with Gasteiger partial charge in [0.2, 0.25) is 0 Å². The minimum absolute atomic E-state index is 0.0727. The van der Waals surface area contributed by atoms with Crippen molar-refractivity contribution in [1.29, 1.82) is 0 Å². The van der Waals surface area contributed by atoms with E-state index in [0.29, 0.717) is 12.0 Å². The molecule has 1 saturated carbocycles. The molecular weight excluding hydrogens is 328 g/mol. The van der Waals surface area contributed by atoms with Crippen LogP contribution in [0.3, 0.4) is 0 Å². The number of benzene rings is 1. The lowest BCUT2D eigenvalue weighted by Gasteiger charge is -2.43. The summed E-state index contributed by atoms with van der Waals surface area (Å²) < 4.78 is 5.97. The lowest BCUT2D eigenvalue weighted by Crippen LogP contribution is -2.50. The average Bonchev–Trinajstić information content (AvgIpc) is 2.78. The van der Waals surface area contributed by atoms with Crippen molar-refractivity contribution in [2.75, 3.05) is 0 Å². The predicted octanol–water partition coefficient (Wildman–Crippen LogP) is 4.46. The van der Waals surface area contributed by atoms with E-state index in [1.54, 1.807) is 12.1 Å². The highest BCUT2D eigenvalue weighted by molar-refractivity contribution is 5.89. The number of esters is 1. The molecular formula is C22H30O4. The van der Waals surface area contributed by atoms with Gasteiger partial charge >= 0.3 is 5.97 Å². The molecule has 2 aliphatic rings. The Hall–Kier alpha value is -1.81. The Morgan fingerprint density at radius 1 is 1.23 bits per heavy atom. The summed E-state index contributed by atoms with van der Waals surface area (Å²) in [4.78, 5) is 12.7. The third kappa shape index (κ3) is 3.27. The molecule has 1 aromatic rings. The van der Waals surface area contributed by atoms with E-state index in [1.165, 1.54) is 17.7 Å². The van der Waals surface area contributed by atoms with Crippen molar-refractivity contribution < 1.29 is 19.7 Å². The molecule has 0 heterocycles. The summed E-state index contributed by atoms with van der Waals surface area (Å²) in [6.45, 7) is 8.39. The molecule has 2 N–H and O–H groups in total. The highest BCUT2D eigenvalue weighted by atomic mass is 16.5. The van der Waals surface area contributed by atoms with E-state index in [1.807, 2.05) is 0 Å². The largest absolute Gasteiger partial charge is 0.508 e. The molecule has 1 fully saturated rings. The van der Waals surface area contributed by atoms with Gasteiger partial charge in [0.1, 0.15) is 11.9 Å². The quantitative estimate of drug-likeness (QED) is 0.618. The first-order valence-corrected chi connectivity index (χ1v) is 9.54. The fourth-order valence-electron chi connectivity index (χ4n) is 4.89. The standard InChI is InChI=1S/C22H30O4/c1-14(2)22(25)12-11-21(4)10-9-15(3)13-18(19(21)22)26-20(24)16-5-7-17(23)8-6-16/h5-9,14,18-19,23,25H,10-13H2,1-4H3/t18-,19?,21+,22+/m1/s1. The van der Waals surface area contributed by atoms with E-state index in [-0.39, 0.29) is 29.1 Å². The summed E-state index contributed by atoms with van der Waals surface area (Å²) in [6.07, 6.45) is 5.13. The van der Waals surface area contributed by atoms with Crippen LogP contribution in [0.25, 0.3) is 0 Å². The van der Waals surface area contributed by atoms with Crippen molar-refractivity contribution in [2.24, 2.45) is 17.3 Å². The van der Waals surface area contributed by atoms with Gasteiger partial charge < -0.3 is 14.9 Å². The van der Waals surface area contributed by atoms with E-state index in [0.717, 1.165) is 19.3 Å². The Balaban J connectivity index is 1.92. The lowest BCUT2D eigenvalue weighted by molar-refractivity contribution is -0.112. The molecule has 1 aromatic carbocycles. The Morgan fingerprint density at radius 3 is 2.50 bits per heavy atom. The number of carbonyl (C=O) groups excluding carboxylic acids is 1. The third-order valence-corrected chi connectivity index (χ3v) is 6.56. The molecule has 142 valence electrons. The fraction of sp³-hybridized carbons (Fsp3) is 0.591. The van der Waals surface area contributed by atoms with Gasteiger partial charge in [-0.05, 0) is 61.8 Å². The summed E-state index contributed by atoms with van der Waals surface area (Å²) in [5.41, 5.74) is 0.723. The normalized spacial score (nSPS) is 34.2. The molecule has 4 nitrogen and oxygen atoms in total. The maximum Gasteiger partial charge on any atom is 0.338 e. The number of phenols is 1. The van der Waals surface area contributed by atoms with Crippen LogP contribution in [0.2, 0.25) is 0 Å². The Labute approximate surface area is 155 Å². The highest BCUT2D eigenvalue weighted by Crippen LogP contribution is 2.58. The van der Waals surface area contributed by atoms with E-state index in [2.05, 4.69) is 33.8 Å². The zero-order valence-corrected chi connectivity index (χ0v) is 16.2. The number of rotatable bonds is 3. The SMILES string of the molecule is CC1=CC[C@@]2(C)CC[C@](O)(C(C)C)C2[C@H](OC(=O)c2ccc(O)cc2)C1. The topological polar surface area (TPSA) is 66.8 Å². The minimum Gasteiger partial charge on any atom is -0.508 e. The number of phenolic OH excluding ortho intramolecular Hbond substituents is 1. The molecule has 0 radical (unpaired) electrons. The van der Waals surface area contributed by atoms with Crippen molar-refractivity contribution in [1.82, 2.24) is 0 Å². The maximum atomic E-state index is 12.7. The van der Waals surface area contributed by atoms with Crippen LogP contribution >= 0.6 is 0 Å². The van der Waals surface area contributed by atoms with Crippen LogP contribution in [-0.2, 0) is 4.74 Å². The molecule has 2 aliphatic carbocycles. The molecule has 3 rings (SSSR count). The first-order chi connectivity index (χ1) is 12.2. The number of ether oxygens (including phenoxy) is 1. The van der Waals surface area contributed by atoms with Crippen LogP contribution in [0, 0.1) is 17.3 Å². The zero-order valence-electron chi connectivity index (χ0n) is 16.2. The Kier molecular flexibility index (Phi) is 4.91. The summed E-state index contributed by atoms with van der Waals surface area (Å²) in [5.74, 6) is -0.273. The zero-order chi connectivity index (χ0) is 19.1. The summed E-state index contributed by atoms with van der Waals surface area (Å²) >= 11 is 0. The van der Waals surface area contributed by atoms with Crippen molar-refractivity contribution >= 4 is 5.97 Å². The van der Waals surface area contributed by atoms with Gasteiger partial charge in [-0.2, -0.15) is 0 Å². The number of carbonyl (C=O) groups is 1. The minimum atomic E-state index is -0.826. The van der Waals surface area contributed by atoms with Gasteiger partial charge in [-0.25, -0.2) is 4.79 Å². The van der Waals surface area contributed by atoms with Crippen LogP contribution in [0.15, 0.2) is 35.9 Å². The van der Waals surface area contributed by atoms with Crippen LogP contribution in [-0.4, -0.2) is 27.9 Å². The molecule has 4 heteroatoms. The molecule has 0 aromatic heterocycles. The first-order valence-electron chi connectivity index (χ1n) is 9.54. The molecule has 0 bridgehead atoms. The number of hydrogen-bond donors (Lipinski definition) is 2. The second-order valence-corrected chi connectivity index (χ2v) is 8.73. The Morgan fingerprint density at radius 2 is 1.88 bits per heavy atom. The molecule has 0 amide bonds. The van der Waals surface area contributed by atoms with Crippen LogP contribution < -0.4 is 0 Å². The van der Waals surface area contributed by atoms with Gasteiger partial charge in [-0.1, -0.05) is 32.4 Å². The number of allylic oxidation sites excluding steroid dienone is 1. The van der Waals surface area contributed by atoms with Gasteiger partial charge in [0, 0.05) is 12.3 Å². The Bertz CT molecular complexity index is 705. The highest BCUT2D eigenvalue weighted by Gasteiger charge is 2.59. The lowest BCUT2D eigenvalue weighted by atomic mass is 9.67. The molecule has 0 spiro atoms. The number of aliphatic hydroxyl groups is 1. The molecule has 1 unspecified atom stereocenters. The number of hydrogen-bond acceptors (Lipinski definition) is 4. The van der Waals surface area contributed by atoms with Crippen molar-refractivity contribution in [3.63, 3.8) is 0 Å². The van der Waals surface area contributed by atoms with Crippen molar-refractivity contribution in [2.45, 2.75) is 65.1 Å². The van der Waals surface area contributed by atoms with Crippen LogP contribution in [0.1, 0.15) is 63.7 Å². The summed E-state index contributed by atoms with van der Waals surface area (Å²) in [5, 5.41) is 20.9. The average molecular weight is 358 g/mol. The van der Waals surface area contributed by atoms with Gasteiger partial charge in [0.15, 0.2) is 0 Å².